The standard InChI is InChI=1S/C26H37NO/c1-2-3-4-5-11-20-28-26-17-16-23-14-9-10-15-24(23)25(26)21-27-19-18-22-12-7-6-8-13-22/h9-10,12,14-17,27H,2-8,11,13,18-21H2,1H3. The Morgan fingerprint density at radius 1 is 0.964 bits per heavy atom. The number of hydrogen-bond donors (Lipinski definition) is 1. The normalized spacial score (nSPS) is 14.2. The highest BCUT2D eigenvalue weighted by Gasteiger charge is 2.09. The minimum Gasteiger partial charge on any atom is -0.493 e. The first kappa shape index (κ1) is 20.9. The topological polar surface area (TPSA) is 21.3 Å². The Labute approximate surface area is 171 Å². The molecule has 1 aliphatic rings. The van der Waals surface area contributed by atoms with Gasteiger partial charge in [-0.15, -0.1) is 0 Å². The number of hydrogen-bond acceptors (Lipinski definition) is 2. The van der Waals surface area contributed by atoms with Gasteiger partial charge in [0.1, 0.15) is 5.75 Å². The molecule has 2 aromatic rings. The second-order valence-corrected chi connectivity index (χ2v) is 8.06. The molecule has 0 bridgehead atoms. The van der Waals surface area contributed by atoms with Crippen LogP contribution in [-0.4, -0.2) is 13.2 Å². The highest BCUT2D eigenvalue weighted by molar-refractivity contribution is 5.87. The SMILES string of the molecule is CCCCCCCOc1ccc2ccccc2c1CNCCC1=CCCCC1. The minimum absolute atomic E-state index is 0.821. The van der Waals surface area contributed by atoms with Crippen molar-refractivity contribution in [3.63, 3.8) is 0 Å². The van der Waals surface area contributed by atoms with Crippen LogP contribution in [0.3, 0.4) is 0 Å². The summed E-state index contributed by atoms with van der Waals surface area (Å²) in [4.78, 5) is 0. The zero-order valence-corrected chi connectivity index (χ0v) is 17.6. The van der Waals surface area contributed by atoms with Crippen LogP contribution in [0.4, 0.5) is 0 Å². The van der Waals surface area contributed by atoms with Crippen molar-refractivity contribution in [3.05, 3.63) is 53.6 Å². The predicted molar refractivity (Wildman–Crippen MR) is 121 cm³/mol. The lowest BCUT2D eigenvalue weighted by molar-refractivity contribution is 0.301. The van der Waals surface area contributed by atoms with E-state index in [0.717, 1.165) is 31.9 Å². The fourth-order valence-electron chi connectivity index (χ4n) is 4.12. The zero-order valence-electron chi connectivity index (χ0n) is 17.6. The van der Waals surface area contributed by atoms with E-state index in [9.17, 15) is 0 Å². The molecule has 152 valence electrons. The third-order valence-corrected chi connectivity index (χ3v) is 5.81. The Hall–Kier alpha value is -1.80. The van der Waals surface area contributed by atoms with Gasteiger partial charge in [0.2, 0.25) is 0 Å². The van der Waals surface area contributed by atoms with Gasteiger partial charge >= 0.3 is 0 Å². The third kappa shape index (κ3) is 6.38. The summed E-state index contributed by atoms with van der Waals surface area (Å²) in [5.41, 5.74) is 2.95. The monoisotopic (exact) mass is 379 g/mol. The van der Waals surface area contributed by atoms with E-state index in [1.165, 1.54) is 74.1 Å². The van der Waals surface area contributed by atoms with E-state index in [4.69, 9.17) is 4.74 Å². The van der Waals surface area contributed by atoms with Gasteiger partial charge in [-0.3, -0.25) is 0 Å². The number of allylic oxidation sites excluding steroid dienone is 1. The van der Waals surface area contributed by atoms with Crippen LogP contribution in [0.5, 0.6) is 5.75 Å². The van der Waals surface area contributed by atoms with Gasteiger partial charge in [-0.25, -0.2) is 0 Å². The highest BCUT2D eigenvalue weighted by Crippen LogP contribution is 2.28. The Kier molecular flexibility index (Phi) is 8.90. The average Bonchev–Trinajstić information content (AvgIpc) is 2.75. The molecule has 0 heterocycles. The van der Waals surface area contributed by atoms with E-state index in [1.807, 2.05) is 0 Å². The zero-order chi connectivity index (χ0) is 19.4. The molecule has 0 aromatic heterocycles. The summed E-state index contributed by atoms with van der Waals surface area (Å²) in [6, 6.07) is 13.0. The van der Waals surface area contributed by atoms with Crippen LogP contribution in [0.15, 0.2) is 48.0 Å². The molecule has 0 saturated heterocycles. The molecule has 0 unspecified atom stereocenters. The maximum absolute atomic E-state index is 6.22. The van der Waals surface area contributed by atoms with Gasteiger partial charge in [-0.05, 0) is 61.9 Å². The first-order chi connectivity index (χ1) is 13.9. The molecule has 28 heavy (non-hydrogen) atoms. The summed E-state index contributed by atoms with van der Waals surface area (Å²) in [6.45, 7) is 5.00. The van der Waals surface area contributed by atoms with Crippen LogP contribution in [0, 0.1) is 0 Å². The average molecular weight is 380 g/mol. The van der Waals surface area contributed by atoms with Gasteiger partial charge < -0.3 is 10.1 Å². The van der Waals surface area contributed by atoms with Crippen molar-refractivity contribution in [2.24, 2.45) is 0 Å². The molecule has 0 atom stereocenters. The third-order valence-electron chi connectivity index (χ3n) is 5.81. The lowest BCUT2D eigenvalue weighted by Crippen LogP contribution is -2.17. The van der Waals surface area contributed by atoms with Crippen LogP contribution in [-0.2, 0) is 6.54 Å². The van der Waals surface area contributed by atoms with Crippen molar-refractivity contribution in [2.75, 3.05) is 13.2 Å². The molecule has 1 aliphatic carbocycles. The number of rotatable bonds is 12. The molecule has 2 nitrogen and oxygen atoms in total. The van der Waals surface area contributed by atoms with E-state index in [-0.39, 0.29) is 0 Å². The van der Waals surface area contributed by atoms with Gasteiger partial charge in [0, 0.05) is 12.1 Å². The molecule has 3 rings (SSSR count). The first-order valence-corrected chi connectivity index (χ1v) is 11.4. The number of nitrogens with one attached hydrogen (secondary N) is 1. The van der Waals surface area contributed by atoms with E-state index in [1.54, 1.807) is 5.57 Å². The van der Waals surface area contributed by atoms with Crippen LogP contribution >= 0.6 is 0 Å². The molecular weight excluding hydrogens is 342 g/mol. The lowest BCUT2D eigenvalue weighted by Gasteiger charge is -2.16. The summed E-state index contributed by atoms with van der Waals surface area (Å²) in [6.07, 6.45) is 15.3. The fraction of sp³-hybridized carbons (Fsp3) is 0.538. The van der Waals surface area contributed by atoms with Crippen LogP contribution in [0.25, 0.3) is 10.8 Å². The largest absolute Gasteiger partial charge is 0.493 e. The molecule has 2 heteroatoms. The van der Waals surface area contributed by atoms with Crippen LogP contribution in [0.2, 0.25) is 0 Å². The Balaban J connectivity index is 1.58. The summed E-state index contributed by atoms with van der Waals surface area (Å²) in [7, 11) is 0. The molecular formula is C26H37NO. The van der Waals surface area contributed by atoms with Gasteiger partial charge in [-0.1, -0.05) is 74.6 Å². The van der Waals surface area contributed by atoms with Gasteiger partial charge in [0.05, 0.1) is 6.61 Å². The van der Waals surface area contributed by atoms with Crippen molar-refractivity contribution in [1.29, 1.82) is 0 Å². The molecule has 0 spiro atoms. The smallest absolute Gasteiger partial charge is 0.124 e. The molecule has 0 amide bonds. The maximum atomic E-state index is 6.22. The summed E-state index contributed by atoms with van der Waals surface area (Å²) >= 11 is 0. The van der Waals surface area contributed by atoms with Crippen LogP contribution < -0.4 is 10.1 Å². The molecule has 1 N–H and O–H groups in total. The molecule has 2 aromatic carbocycles. The van der Waals surface area contributed by atoms with Crippen molar-refractivity contribution in [2.45, 2.75) is 77.7 Å². The second kappa shape index (κ2) is 11.9. The quantitative estimate of drug-likeness (QED) is 0.312. The number of ether oxygens (including phenoxy) is 1. The number of unbranched alkanes of at least 4 members (excludes halogenated alkanes) is 4. The molecule has 0 aliphatic heterocycles. The molecule has 0 radical (unpaired) electrons. The van der Waals surface area contributed by atoms with E-state index >= 15 is 0 Å². The van der Waals surface area contributed by atoms with Gasteiger partial charge in [-0.2, -0.15) is 0 Å². The minimum atomic E-state index is 0.821. The maximum Gasteiger partial charge on any atom is 0.124 e. The number of benzene rings is 2. The van der Waals surface area contributed by atoms with Gasteiger partial charge in [0.25, 0.3) is 0 Å². The van der Waals surface area contributed by atoms with E-state index in [0.29, 0.717) is 0 Å². The Morgan fingerprint density at radius 3 is 2.71 bits per heavy atom. The highest BCUT2D eigenvalue weighted by atomic mass is 16.5. The van der Waals surface area contributed by atoms with Crippen LogP contribution in [0.1, 0.15) is 76.7 Å². The summed E-state index contributed by atoms with van der Waals surface area (Å²) in [5.74, 6) is 1.05. The van der Waals surface area contributed by atoms with Crippen molar-refractivity contribution in [1.82, 2.24) is 5.32 Å². The predicted octanol–water partition coefficient (Wildman–Crippen LogP) is 7.17. The molecule has 0 saturated carbocycles. The summed E-state index contributed by atoms with van der Waals surface area (Å²) < 4.78 is 6.22. The first-order valence-electron chi connectivity index (χ1n) is 11.4. The Morgan fingerprint density at radius 2 is 1.86 bits per heavy atom. The van der Waals surface area contributed by atoms with Crippen molar-refractivity contribution >= 4 is 10.8 Å². The fourth-order valence-corrected chi connectivity index (χ4v) is 4.12. The molecule has 0 fully saturated rings. The van der Waals surface area contributed by atoms with Crippen molar-refractivity contribution in [3.8, 4) is 5.75 Å². The van der Waals surface area contributed by atoms with E-state index < -0.39 is 0 Å². The van der Waals surface area contributed by atoms with E-state index in [2.05, 4.69) is 54.7 Å². The van der Waals surface area contributed by atoms with Crippen molar-refractivity contribution < 1.29 is 4.74 Å². The number of fused-ring (bicyclic) bond motifs is 1. The summed E-state index contributed by atoms with van der Waals surface area (Å²) in [5, 5.41) is 6.29. The van der Waals surface area contributed by atoms with Gasteiger partial charge in [0.15, 0.2) is 0 Å². The second-order valence-electron chi connectivity index (χ2n) is 8.06. The Bertz CT molecular complexity index is 749. The lowest BCUT2D eigenvalue weighted by atomic mass is 9.97.